The number of hydrogen-bond donors (Lipinski definition) is 1. The van der Waals surface area contributed by atoms with Crippen molar-refractivity contribution in [3.63, 3.8) is 0 Å². The summed E-state index contributed by atoms with van der Waals surface area (Å²) < 4.78 is 15.6. The molecule has 1 aromatic carbocycles. The van der Waals surface area contributed by atoms with Gasteiger partial charge in [-0.2, -0.15) is 4.98 Å². The Morgan fingerprint density at radius 3 is 2.57 bits per heavy atom. The second-order valence-electron chi connectivity index (χ2n) is 4.27. The molecule has 1 atom stereocenters. The number of rotatable bonds is 7. The Bertz CT molecular complexity index is 563. The van der Waals surface area contributed by atoms with Crippen LogP contribution in [0.3, 0.4) is 0 Å². The fourth-order valence-electron chi connectivity index (χ4n) is 1.79. The highest BCUT2D eigenvalue weighted by Crippen LogP contribution is 2.25. The van der Waals surface area contributed by atoms with Gasteiger partial charge < -0.3 is 19.3 Å². The van der Waals surface area contributed by atoms with Gasteiger partial charge in [-0.1, -0.05) is 18.2 Å². The summed E-state index contributed by atoms with van der Waals surface area (Å²) in [6.45, 7) is 0.363. The molecule has 21 heavy (non-hydrogen) atoms. The average molecular weight is 290 g/mol. The standard InChI is InChI=1S/C15H18N2O4/c1-19-13-10-16-14(15(17-13)20-2)12(18)8-9-21-11-6-4-3-5-7-11/h3-7,10,12,18H,8-9H2,1-2H3. The monoisotopic (exact) mass is 290 g/mol. The van der Waals surface area contributed by atoms with Crippen LogP contribution in [0.2, 0.25) is 0 Å². The maximum Gasteiger partial charge on any atom is 0.241 e. The Balaban J connectivity index is 1.95. The van der Waals surface area contributed by atoms with Crippen LogP contribution < -0.4 is 14.2 Å². The Morgan fingerprint density at radius 1 is 1.14 bits per heavy atom. The van der Waals surface area contributed by atoms with Crippen LogP contribution in [0.25, 0.3) is 0 Å². The molecule has 0 saturated heterocycles. The van der Waals surface area contributed by atoms with Crippen LogP contribution in [0.5, 0.6) is 17.5 Å². The van der Waals surface area contributed by atoms with Crippen molar-refractivity contribution in [2.45, 2.75) is 12.5 Å². The molecule has 0 fully saturated rings. The van der Waals surface area contributed by atoms with Crippen molar-refractivity contribution in [1.82, 2.24) is 9.97 Å². The molecule has 1 N–H and O–H groups in total. The highest BCUT2D eigenvalue weighted by molar-refractivity contribution is 5.25. The van der Waals surface area contributed by atoms with E-state index in [1.54, 1.807) is 0 Å². The largest absolute Gasteiger partial charge is 0.493 e. The molecular formula is C15H18N2O4. The van der Waals surface area contributed by atoms with Crippen LogP contribution in [0.4, 0.5) is 0 Å². The van der Waals surface area contributed by atoms with Crippen molar-refractivity contribution in [2.75, 3.05) is 20.8 Å². The zero-order valence-corrected chi connectivity index (χ0v) is 12.0. The molecule has 2 rings (SSSR count). The number of aromatic nitrogens is 2. The molecule has 0 aliphatic heterocycles. The zero-order chi connectivity index (χ0) is 15.1. The molecular weight excluding hydrogens is 272 g/mol. The molecule has 0 bridgehead atoms. The summed E-state index contributed by atoms with van der Waals surface area (Å²) in [5, 5.41) is 10.2. The van der Waals surface area contributed by atoms with E-state index in [4.69, 9.17) is 14.2 Å². The van der Waals surface area contributed by atoms with Gasteiger partial charge in [0.25, 0.3) is 0 Å². The summed E-state index contributed by atoms with van der Waals surface area (Å²) in [4.78, 5) is 8.22. The van der Waals surface area contributed by atoms with Crippen LogP contribution in [0, 0.1) is 0 Å². The van der Waals surface area contributed by atoms with Crippen LogP contribution in [0.1, 0.15) is 18.2 Å². The topological polar surface area (TPSA) is 73.7 Å². The minimum absolute atomic E-state index is 0.251. The van der Waals surface area contributed by atoms with Crippen molar-refractivity contribution in [3.8, 4) is 17.5 Å². The second kappa shape index (κ2) is 7.44. The van der Waals surface area contributed by atoms with Gasteiger partial charge in [0, 0.05) is 6.42 Å². The molecule has 1 heterocycles. The van der Waals surface area contributed by atoms with Gasteiger partial charge >= 0.3 is 0 Å². The summed E-state index contributed by atoms with van der Waals surface area (Å²) in [5.74, 6) is 1.35. The number of benzene rings is 1. The van der Waals surface area contributed by atoms with E-state index >= 15 is 0 Å². The van der Waals surface area contributed by atoms with Gasteiger partial charge in [-0.3, -0.25) is 0 Å². The first kappa shape index (κ1) is 15.1. The summed E-state index contributed by atoms with van der Waals surface area (Å²) in [6.07, 6.45) is 1.01. The first-order valence-electron chi connectivity index (χ1n) is 6.55. The van der Waals surface area contributed by atoms with Crippen molar-refractivity contribution in [3.05, 3.63) is 42.2 Å². The molecule has 2 aromatic rings. The third-order valence-electron chi connectivity index (χ3n) is 2.87. The summed E-state index contributed by atoms with van der Waals surface area (Å²) in [7, 11) is 2.97. The van der Waals surface area contributed by atoms with Crippen LogP contribution in [-0.2, 0) is 0 Å². The van der Waals surface area contributed by atoms with Crippen molar-refractivity contribution in [1.29, 1.82) is 0 Å². The number of para-hydroxylation sites is 1. The third kappa shape index (κ3) is 4.06. The lowest BCUT2D eigenvalue weighted by atomic mass is 10.2. The Labute approximate surface area is 123 Å². The molecule has 1 unspecified atom stereocenters. The molecule has 6 nitrogen and oxygen atoms in total. The predicted molar refractivity (Wildman–Crippen MR) is 76.6 cm³/mol. The maximum atomic E-state index is 10.2. The van der Waals surface area contributed by atoms with Crippen molar-refractivity contribution < 1.29 is 19.3 Å². The average Bonchev–Trinajstić information content (AvgIpc) is 2.55. The zero-order valence-electron chi connectivity index (χ0n) is 12.0. The van der Waals surface area contributed by atoms with Crippen molar-refractivity contribution in [2.24, 2.45) is 0 Å². The molecule has 6 heteroatoms. The summed E-state index contributed by atoms with van der Waals surface area (Å²) in [5.41, 5.74) is 0.370. The minimum Gasteiger partial charge on any atom is -0.493 e. The number of nitrogens with zero attached hydrogens (tertiary/aromatic N) is 2. The third-order valence-corrected chi connectivity index (χ3v) is 2.87. The maximum absolute atomic E-state index is 10.2. The van der Waals surface area contributed by atoms with E-state index in [9.17, 15) is 5.11 Å². The van der Waals surface area contributed by atoms with E-state index in [2.05, 4.69) is 9.97 Å². The summed E-state index contributed by atoms with van der Waals surface area (Å²) in [6, 6.07) is 9.42. The van der Waals surface area contributed by atoms with Gasteiger partial charge in [-0.15, -0.1) is 0 Å². The number of aliphatic hydroxyl groups is 1. The number of ether oxygens (including phenoxy) is 3. The van der Waals surface area contributed by atoms with Gasteiger partial charge in [-0.25, -0.2) is 4.98 Å². The van der Waals surface area contributed by atoms with Gasteiger partial charge in [0.05, 0.1) is 27.0 Å². The lowest BCUT2D eigenvalue weighted by molar-refractivity contribution is 0.132. The molecule has 0 aliphatic carbocycles. The second-order valence-corrected chi connectivity index (χ2v) is 4.27. The molecule has 0 amide bonds. The predicted octanol–water partition coefficient (Wildman–Crippen LogP) is 2.00. The van der Waals surface area contributed by atoms with E-state index in [0.29, 0.717) is 24.6 Å². The Kier molecular flexibility index (Phi) is 5.34. The van der Waals surface area contributed by atoms with Gasteiger partial charge in [0.2, 0.25) is 11.8 Å². The molecule has 0 spiro atoms. The lowest BCUT2D eigenvalue weighted by Crippen LogP contribution is -2.10. The molecule has 0 aliphatic rings. The van der Waals surface area contributed by atoms with Gasteiger partial charge in [-0.05, 0) is 12.1 Å². The van der Waals surface area contributed by atoms with E-state index in [1.807, 2.05) is 30.3 Å². The van der Waals surface area contributed by atoms with E-state index < -0.39 is 6.10 Å². The molecule has 1 aromatic heterocycles. The van der Waals surface area contributed by atoms with Crippen LogP contribution in [-0.4, -0.2) is 35.9 Å². The quantitative estimate of drug-likeness (QED) is 0.840. The first-order chi connectivity index (χ1) is 10.2. The SMILES string of the molecule is COc1cnc(C(O)CCOc2ccccc2)c(OC)n1. The normalized spacial score (nSPS) is 11.8. The fraction of sp³-hybridized carbons (Fsp3) is 0.333. The lowest BCUT2D eigenvalue weighted by Gasteiger charge is -2.14. The fourth-order valence-corrected chi connectivity index (χ4v) is 1.79. The molecule has 0 radical (unpaired) electrons. The van der Waals surface area contributed by atoms with Gasteiger partial charge in [0.15, 0.2) is 0 Å². The van der Waals surface area contributed by atoms with E-state index in [0.717, 1.165) is 5.75 Å². The van der Waals surface area contributed by atoms with E-state index in [1.165, 1.54) is 20.4 Å². The van der Waals surface area contributed by atoms with Gasteiger partial charge in [0.1, 0.15) is 17.5 Å². The Morgan fingerprint density at radius 2 is 1.90 bits per heavy atom. The minimum atomic E-state index is -0.818. The molecule has 0 saturated carbocycles. The number of aliphatic hydroxyl groups excluding tert-OH is 1. The summed E-state index contributed by atoms with van der Waals surface area (Å²) >= 11 is 0. The smallest absolute Gasteiger partial charge is 0.241 e. The molecule has 112 valence electrons. The number of methoxy groups -OCH3 is 2. The van der Waals surface area contributed by atoms with Crippen LogP contribution >= 0.6 is 0 Å². The highest BCUT2D eigenvalue weighted by Gasteiger charge is 2.17. The van der Waals surface area contributed by atoms with Crippen LogP contribution in [0.15, 0.2) is 36.5 Å². The highest BCUT2D eigenvalue weighted by atomic mass is 16.5. The van der Waals surface area contributed by atoms with E-state index in [-0.39, 0.29) is 5.88 Å². The first-order valence-corrected chi connectivity index (χ1v) is 6.55. The number of hydrogen-bond acceptors (Lipinski definition) is 6. The Hall–Kier alpha value is -2.34. The van der Waals surface area contributed by atoms with Crippen molar-refractivity contribution >= 4 is 0 Å².